The molecule has 2 rings (SSSR count). The van der Waals surface area contributed by atoms with Crippen molar-refractivity contribution in [2.75, 3.05) is 7.11 Å². The fourth-order valence-electron chi connectivity index (χ4n) is 1.37. The monoisotopic (exact) mass is 254 g/mol. The van der Waals surface area contributed by atoms with E-state index in [-0.39, 0.29) is 0 Å². The van der Waals surface area contributed by atoms with Crippen molar-refractivity contribution in [2.45, 2.75) is 13.5 Å². The fourth-order valence-corrected chi connectivity index (χ4v) is 1.71. The van der Waals surface area contributed by atoms with Gasteiger partial charge in [0.2, 0.25) is 0 Å². The molecule has 2 heterocycles. The van der Waals surface area contributed by atoms with Gasteiger partial charge in [0, 0.05) is 24.0 Å². The average Bonchev–Trinajstić information content (AvgIpc) is 2.48. The first-order chi connectivity index (χ1) is 6.70. The van der Waals surface area contributed by atoms with Crippen molar-refractivity contribution >= 4 is 21.6 Å². The number of aromatic nitrogens is 2. The molecule has 0 fully saturated rings. The van der Waals surface area contributed by atoms with Gasteiger partial charge in [-0.2, -0.15) is 0 Å². The van der Waals surface area contributed by atoms with Crippen LogP contribution in [0, 0.1) is 6.92 Å². The first-order valence-electron chi connectivity index (χ1n) is 4.33. The molecule has 0 aliphatic rings. The molecule has 0 aromatic carbocycles. The van der Waals surface area contributed by atoms with Crippen LogP contribution in [0.3, 0.4) is 0 Å². The zero-order valence-corrected chi connectivity index (χ0v) is 9.71. The van der Waals surface area contributed by atoms with Crippen LogP contribution in [0.1, 0.15) is 11.3 Å². The molecule has 0 saturated heterocycles. The Morgan fingerprint density at radius 2 is 2.29 bits per heavy atom. The lowest BCUT2D eigenvalue weighted by Gasteiger charge is -1.98. The van der Waals surface area contributed by atoms with Gasteiger partial charge in [0.1, 0.15) is 5.65 Å². The summed E-state index contributed by atoms with van der Waals surface area (Å²) in [7, 11) is 1.67. The third kappa shape index (κ3) is 1.67. The predicted octanol–water partition coefficient (Wildman–Crippen LogP) is 2.55. The van der Waals surface area contributed by atoms with Gasteiger partial charge >= 0.3 is 0 Å². The van der Waals surface area contributed by atoms with Crippen LogP contribution >= 0.6 is 15.9 Å². The van der Waals surface area contributed by atoms with Gasteiger partial charge in [0.25, 0.3) is 0 Å². The van der Waals surface area contributed by atoms with Crippen LogP contribution < -0.4 is 0 Å². The molecule has 0 bridgehead atoms. The molecule has 14 heavy (non-hydrogen) atoms. The molecule has 0 amide bonds. The van der Waals surface area contributed by atoms with Crippen LogP contribution in [0.5, 0.6) is 0 Å². The summed E-state index contributed by atoms with van der Waals surface area (Å²) in [5.41, 5.74) is 3.09. The molecule has 0 aliphatic heterocycles. The third-order valence-electron chi connectivity index (χ3n) is 2.08. The Morgan fingerprint density at radius 3 is 3.00 bits per heavy atom. The van der Waals surface area contributed by atoms with Crippen LogP contribution in [-0.4, -0.2) is 16.5 Å². The molecule has 4 heteroatoms. The lowest BCUT2D eigenvalue weighted by atomic mass is 10.3. The zero-order valence-electron chi connectivity index (χ0n) is 8.12. The van der Waals surface area contributed by atoms with Gasteiger partial charge in [-0.05, 0) is 34.5 Å². The molecule has 0 saturated carbocycles. The van der Waals surface area contributed by atoms with Crippen LogP contribution in [0.4, 0.5) is 0 Å². The summed E-state index contributed by atoms with van der Waals surface area (Å²) in [5.74, 6) is 0. The molecule has 74 valence electrons. The Bertz CT molecular complexity index is 425. The first-order valence-corrected chi connectivity index (χ1v) is 5.12. The van der Waals surface area contributed by atoms with Gasteiger partial charge in [0.15, 0.2) is 0 Å². The van der Waals surface area contributed by atoms with E-state index in [1.807, 2.05) is 22.9 Å². The minimum Gasteiger partial charge on any atom is -0.378 e. The number of halogens is 1. The molecule has 0 spiro atoms. The van der Waals surface area contributed by atoms with E-state index in [0.29, 0.717) is 6.61 Å². The standard InChI is InChI=1S/C10H11BrN2O/c1-7-3-10-12-8(6-14-2)4-13(10)5-9(7)11/h3-5H,6H2,1-2H3. The van der Waals surface area contributed by atoms with Crippen molar-refractivity contribution < 1.29 is 4.74 Å². The highest BCUT2D eigenvalue weighted by atomic mass is 79.9. The van der Waals surface area contributed by atoms with E-state index in [1.54, 1.807) is 7.11 Å². The molecule has 3 nitrogen and oxygen atoms in total. The molecule has 0 radical (unpaired) electrons. The number of hydrogen-bond donors (Lipinski definition) is 0. The van der Waals surface area contributed by atoms with Crippen molar-refractivity contribution in [3.63, 3.8) is 0 Å². The maximum atomic E-state index is 5.03. The number of rotatable bonds is 2. The van der Waals surface area contributed by atoms with Crippen LogP contribution in [-0.2, 0) is 11.3 Å². The van der Waals surface area contributed by atoms with E-state index in [2.05, 4.69) is 27.8 Å². The lowest BCUT2D eigenvalue weighted by molar-refractivity contribution is 0.182. The van der Waals surface area contributed by atoms with E-state index < -0.39 is 0 Å². The summed E-state index contributed by atoms with van der Waals surface area (Å²) < 4.78 is 8.11. The quantitative estimate of drug-likeness (QED) is 0.824. The lowest BCUT2D eigenvalue weighted by Crippen LogP contribution is -1.85. The second-order valence-electron chi connectivity index (χ2n) is 3.24. The SMILES string of the molecule is COCc1cn2cc(Br)c(C)cc2n1. The molecule has 2 aromatic heterocycles. The second kappa shape index (κ2) is 3.71. The van der Waals surface area contributed by atoms with Gasteiger partial charge in [-0.25, -0.2) is 4.98 Å². The van der Waals surface area contributed by atoms with Crippen molar-refractivity contribution in [3.05, 3.63) is 34.2 Å². The van der Waals surface area contributed by atoms with E-state index in [1.165, 1.54) is 5.56 Å². The molecule has 0 N–H and O–H groups in total. The van der Waals surface area contributed by atoms with Crippen LogP contribution in [0.2, 0.25) is 0 Å². The smallest absolute Gasteiger partial charge is 0.137 e. The van der Waals surface area contributed by atoms with Gasteiger partial charge in [-0.15, -0.1) is 0 Å². The van der Waals surface area contributed by atoms with E-state index in [4.69, 9.17) is 4.74 Å². The Labute approximate surface area is 90.8 Å². The maximum absolute atomic E-state index is 5.03. The van der Waals surface area contributed by atoms with Gasteiger partial charge < -0.3 is 9.14 Å². The number of pyridine rings is 1. The topological polar surface area (TPSA) is 26.5 Å². The van der Waals surface area contributed by atoms with Gasteiger partial charge in [0.05, 0.1) is 12.3 Å². The van der Waals surface area contributed by atoms with Crippen molar-refractivity contribution in [2.24, 2.45) is 0 Å². The fraction of sp³-hybridized carbons (Fsp3) is 0.300. The molecule has 0 aliphatic carbocycles. The van der Waals surface area contributed by atoms with E-state index in [9.17, 15) is 0 Å². The number of nitrogens with zero attached hydrogens (tertiary/aromatic N) is 2. The third-order valence-corrected chi connectivity index (χ3v) is 2.91. The Morgan fingerprint density at radius 1 is 1.50 bits per heavy atom. The van der Waals surface area contributed by atoms with Crippen molar-refractivity contribution in [1.82, 2.24) is 9.38 Å². The van der Waals surface area contributed by atoms with Crippen molar-refractivity contribution in [3.8, 4) is 0 Å². The number of ether oxygens (including phenoxy) is 1. The molecule has 0 atom stereocenters. The first kappa shape index (κ1) is 9.68. The number of aryl methyl sites for hydroxylation is 1. The van der Waals surface area contributed by atoms with Gasteiger partial charge in [-0.1, -0.05) is 0 Å². The zero-order chi connectivity index (χ0) is 10.1. The average molecular weight is 255 g/mol. The number of imidazole rings is 1. The normalized spacial score (nSPS) is 11.1. The number of hydrogen-bond acceptors (Lipinski definition) is 2. The van der Waals surface area contributed by atoms with Crippen molar-refractivity contribution in [1.29, 1.82) is 0 Å². The highest BCUT2D eigenvalue weighted by Gasteiger charge is 2.03. The maximum Gasteiger partial charge on any atom is 0.137 e. The van der Waals surface area contributed by atoms with E-state index >= 15 is 0 Å². The molecular formula is C10H11BrN2O. The Balaban J connectivity index is 2.54. The Kier molecular flexibility index (Phi) is 2.56. The highest BCUT2D eigenvalue weighted by Crippen LogP contribution is 2.18. The second-order valence-corrected chi connectivity index (χ2v) is 4.09. The van der Waals surface area contributed by atoms with Gasteiger partial charge in [-0.3, -0.25) is 0 Å². The Hall–Kier alpha value is -0.870. The van der Waals surface area contributed by atoms with Crippen LogP contribution in [0.15, 0.2) is 22.9 Å². The summed E-state index contributed by atoms with van der Waals surface area (Å²) in [6.07, 6.45) is 3.99. The summed E-state index contributed by atoms with van der Waals surface area (Å²) in [4.78, 5) is 4.42. The number of methoxy groups -OCH3 is 1. The molecule has 2 aromatic rings. The minimum atomic E-state index is 0.554. The molecular weight excluding hydrogens is 244 g/mol. The largest absolute Gasteiger partial charge is 0.378 e. The highest BCUT2D eigenvalue weighted by molar-refractivity contribution is 9.10. The summed E-state index contributed by atoms with van der Waals surface area (Å²) in [6, 6.07) is 2.04. The number of fused-ring (bicyclic) bond motifs is 1. The van der Waals surface area contributed by atoms with Crippen LogP contribution in [0.25, 0.3) is 5.65 Å². The van der Waals surface area contributed by atoms with E-state index in [0.717, 1.165) is 15.8 Å². The molecule has 0 unspecified atom stereocenters. The summed E-state index contributed by atoms with van der Waals surface area (Å²) >= 11 is 3.48. The summed E-state index contributed by atoms with van der Waals surface area (Å²) in [6.45, 7) is 2.60. The minimum absolute atomic E-state index is 0.554. The summed E-state index contributed by atoms with van der Waals surface area (Å²) in [5, 5.41) is 0. The predicted molar refractivity (Wildman–Crippen MR) is 58.3 cm³/mol.